The molecule has 0 radical (unpaired) electrons. The standard InChI is InChI=1S/C13H28N2O/c1-4-6-12(3)15(11-16)13(5-2)7-9-14-10-8-13/h12,14,16H,4-11H2,1-3H3. The summed E-state index contributed by atoms with van der Waals surface area (Å²) in [6.45, 7) is 9.10. The van der Waals surface area contributed by atoms with Gasteiger partial charge in [0.05, 0.1) is 6.73 Å². The topological polar surface area (TPSA) is 35.5 Å². The van der Waals surface area contributed by atoms with E-state index in [1.54, 1.807) is 0 Å². The van der Waals surface area contributed by atoms with Crippen LogP contribution in [0.2, 0.25) is 0 Å². The Kier molecular flexibility index (Phi) is 5.73. The van der Waals surface area contributed by atoms with Crippen LogP contribution in [0.5, 0.6) is 0 Å². The summed E-state index contributed by atoms with van der Waals surface area (Å²) >= 11 is 0. The first-order valence-electron chi connectivity index (χ1n) is 6.78. The van der Waals surface area contributed by atoms with Crippen LogP contribution in [0.4, 0.5) is 0 Å². The molecule has 0 amide bonds. The number of hydrogen-bond acceptors (Lipinski definition) is 3. The molecule has 0 saturated carbocycles. The van der Waals surface area contributed by atoms with Crippen LogP contribution in [0, 0.1) is 0 Å². The van der Waals surface area contributed by atoms with E-state index in [4.69, 9.17) is 0 Å². The zero-order chi connectivity index (χ0) is 12.0. The molecule has 0 spiro atoms. The number of rotatable bonds is 6. The maximum absolute atomic E-state index is 9.68. The minimum atomic E-state index is 0.203. The van der Waals surface area contributed by atoms with Crippen LogP contribution >= 0.6 is 0 Å². The number of nitrogens with one attached hydrogen (secondary N) is 1. The Morgan fingerprint density at radius 1 is 1.31 bits per heavy atom. The largest absolute Gasteiger partial charge is 0.381 e. The molecule has 0 bridgehead atoms. The lowest BCUT2D eigenvalue weighted by Gasteiger charge is -2.48. The summed E-state index contributed by atoms with van der Waals surface area (Å²) in [4.78, 5) is 2.33. The summed E-state index contributed by atoms with van der Waals surface area (Å²) in [7, 11) is 0. The van der Waals surface area contributed by atoms with Gasteiger partial charge in [-0.3, -0.25) is 4.90 Å². The van der Waals surface area contributed by atoms with Crippen molar-refractivity contribution in [2.75, 3.05) is 19.8 Å². The summed E-state index contributed by atoms with van der Waals surface area (Å²) in [6.07, 6.45) is 5.84. The van der Waals surface area contributed by atoms with Gasteiger partial charge >= 0.3 is 0 Å². The van der Waals surface area contributed by atoms with Gasteiger partial charge in [0.15, 0.2) is 0 Å². The van der Waals surface area contributed by atoms with Crippen molar-refractivity contribution < 1.29 is 5.11 Å². The van der Waals surface area contributed by atoms with Crippen LogP contribution in [0.25, 0.3) is 0 Å². The van der Waals surface area contributed by atoms with Crippen molar-refractivity contribution in [3.8, 4) is 0 Å². The first-order valence-corrected chi connectivity index (χ1v) is 6.78. The highest BCUT2D eigenvalue weighted by Gasteiger charge is 2.37. The van der Waals surface area contributed by atoms with E-state index >= 15 is 0 Å². The fourth-order valence-electron chi connectivity index (χ4n) is 3.07. The van der Waals surface area contributed by atoms with Crippen LogP contribution in [0.1, 0.15) is 52.9 Å². The van der Waals surface area contributed by atoms with Gasteiger partial charge in [0, 0.05) is 11.6 Å². The van der Waals surface area contributed by atoms with Crippen molar-refractivity contribution in [1.82, 2.24) is 10.2 Å². The van der Waals surface area contributed by atoms with Gasteiger partial charge < -0.3 is 10.4 Å². The molecule has 96 valence electrons. The van der Waals surface area contributed by atoms with Gasteiger partial charge in [-0.1, -0.05) is 20.3 Å². The lowest BCUT2D eigenvalue weighted by atomic mass is 9.83. The molecule has 2 N–H and O–H groups in total. The molecule has 1 aliphatic rings. The maximum Gasteiger partial charge on any atom is 0.0963 e. The van der Waals surface area contributed by atoms with E-state index in [1.807, 2.05) is 0 Å². The smallest absolute Gasteiger partial charge is 0.0963 e. The number of aliphatic hydroxyl groups excluding tert-OH is 1. The second-order valence-electron chi connectivity index (χ2n) is 5.08. The SMILES string of the molecule is CCCC(C)N(CO)C1(CC)CCNCC1. The van der Waals surface area contributed by atoms with E-state index < -0.39 is 0 Å². The number of hydrogen-bond donors (Lipinski definition) is 2. The third kappa shape index (κ3) is 2.96. The Hall–Kier alpha value is -0.120. The molecule has 0 aromatic heterocycles. The van der Waals surface area contributed by atoms with Gasteiger partial charge in [-0.2, -0.15) is 0 Å². The van der Waals surface area contributed by atoms with E-state index in [2.05, 4.69) is 31.0 Å². The molecule has 1 aliphatic heterocycles. The Morgan fingerprint density at radius 2 is 1.94 bits per heavy atom. The summed E-state index contributed by atoms with van der Waals surface area (Å²) < 4.78 is 0. The highest BCUT2D eigenvalue weighted by Crippen LogP contribution is 2.32. The average Bonchev–Trinajstić information content (AvgIpc) is 2.31. The molecule has 0 aliphatic carbocycles. The predicted octanol–water partition coefficient (Wildman–Crippen LogP) is 1.96. The van der Waals surface area contributed by atoms with Crippen LogP contribution in [-0.4, -0.2) is 41.4 Å². The Labute approximate surface area is 100 Å². The fourth-order valence-corrected chi connectivity index (χ4v) is 3.07. The molecule has 1 rings (SSSR count). The van der Waals surface area contributed by atoms with Gasteiger partial charge in [-0.05, 0) is 45.7 Å². The second kappa shape index (κ2) is 6.58. The average molecular weight is 228 g/mol. The van der Waals surface area contributed by atoms with Crippen molar-refractivity contribution in [2.45, 2.75) is 64.5 Å². The Morgan fingerprint density at radius 3 is 2.38 bits per heavy atom. The molecule has 3 heteroatoms. The molecule has 1 atom stereocenters. The number of piperidine rings is 1. The monoisotopic (exact) mass is 228 g/mol. The zero-order valence-corrected chi connectivity index (χ0v) is 11.1. The lowest BCUT2D eigenvalue weighted by molar-refractivity contribution is -0.0449. The lowest BCUT2D eigenvalue weighted by Crippen LogP contribution is -2.57. The maximum atomic E-state index is 9.68. The molecule has 16 heavy (non-hydrogen) atoms. The highest BCUT2D eigenvalue weighted by molar-refractivity contribution is 4.94. The molecule has 1 unspecified atom stereocenters. The van der Waals surface area contributed by atoms with Gasteiger partial charge in [0.1, 0.15) is 0 Å². The van der Waals surface area contributed by atoms with E-state index in [0.717, 1.165) is 32.4 Å². The van der Waals surface area contributed by atoms with Crippen molar-refractivity contribution in [3.63, 3.8) is 0 Å². The fraction of sp³-hybridized carbons (Fsp3) is 1.00. The van der Waals surface area contributed by atoms with Crippen LogP contribution in [-0.2, 0) is 0 Å². The van der Waals surface area contributed by atoms with E-state index in [1.165, 1.54) is 12.8 Å². The normalized spacial score (nSPS) is 22.3. The molecule has 1 saturated heterocycles. The summed E-state index contributed by atoms with van der Waals surface area (Å²) in [5, 5.41) is 13.1. The first-order chi connectivity index (χ1) is 7.70. The summed E-state index contributed by atoms with van der Waals surface area (Å²) in [6, 6.07) is 0.494. The van der Waals surface area contributed by atoms with Crippen molar-refractivity contribution in [2.24, 2.45) is 0 Å². The minimum Gasteiger partial charge on any atom is -0.381 e. The molecule has 1 heterocycles. The Balaban J connectivity index is 2.72. The van der Waals surface area contributed by atoms with E-state index in [-0.39, 0.29) is 12.3 Å². The molecular weight excluding hydrogens is 200 g/mol. The van der Waals surface area contributed by atoms with Gasteiger partial charge in [0.2, 0.25) is 0 Å². The van der Waals surface area contributed by atoms with Crippen molar-refractivity contribution >= 4 is 0 Å². The molecule has 0 aromatic carbocycles. The molecule has 3 nitrogen and oxygen atoms in total. The summed E-state index contributed by atoms with van der Waals surface area (Å²) in [5.41, 5.74) is 0.231. The van der Waals surface area contributed by atoms with Gasteiger partial charge in [0.25, 0.3) is 0 Å². The number of aliphatic hydroxyl groups is 1. The van der Waals surface area contributed by atoms with Gasteiger partial charge in [-0.15, -0.1) is 0 Å². The van der Waals surface area contributed by atoms with Gasteiger partial charge in [-0.25, -0.2) is 0 Å². The van der Waals surface area contributed by atoms with Crippen molar-refractivity contribution in [3.05, 3.63) is 0 Å². The summed E-state index contributed by atoms with van der Waals surface area (Å²) in [5.74, 6) is 0. The quantitative estimate of drug-likeness (QED) is 0.682. The molecule has 1 fully saturated rings. The van der Waals surface area contributed by atoms with Crippen LogP contribution in [0.3, 0.4) is 0 Å². The Bertz CT molecular complexity index is 190. The zero-order valence-electron chi connectivity index (χ0n) is 11.1. The van der Waals surface area contributed by atoms with E-state index in [9.17, 15) is 5.11 Å². The van der Waals surface area contributed by atoms with E-state index in [0.29, 0.717) is 6.04 Å². The third-order valence-corrected chi connectivity index (χ3v) is 4.19. The predicted molar refractivity (Wildman–Crippen MR) is 68.4 cm³/mol. The minimum absolute atomic E-state index is 0.203. The van der Waals surface area contributed by atoms with Crippen LogP contribution in [0.15, 0.2) is 0 Å². The van der Waals surface area contributed by atoms with Crippen LogP contribution < -0.4 is 5.32 Å². The highest BCUT2D eigenvalue weighted by atomic mass is 16.3. The number of nitrogens with zero attached hydrogens (tertiary/aromatic N) is 1. The van der Waals surface area contributed by atoms with Crippen molar-refractivity contribution in [1.29, 1.82) is 0 Å². The molecular formula is C13H28N2O. The second-order valence-corrected chi connectivity index (χ2v) is 5.08. The first kappa shape index (κ1) is 13.9. The molecule has 0 aromatic rings. The third-order valence-electron chi connectivity index (χ3n) is 4.19.